The van der Waals surface area contributed by atoms with Crippen molar-refractivity contribution in [2.45, 2.75) is 51.4 Å². The highest BCUT2D eigenvalue weighted by Crippen LogP contribution is 2.37. The van der Waals surface area contributed by atoms with Gasteiger partial charge in [0.25, 0.3) is 5.91 Å². The van der Waals surface area contributed by atoms with E-state index in [0.717, 1.165) is 0 Å². The smallest absolute Gasteiger partial charge is 0.265 e. The highest BCUT2D eigenvalue weighted by molar-refractivity contribution is 6.74. The summed E-state index contributed by atoms with van der Waals surface area (Å²) in [7, 11) is -1.84. The van der Waals surface area contributed by atoms with Gasteiger partial charge in [0.05, 0.1) is 5.69 Å². The Hall–Kier alpha value is -1.40. The van der Waals surface area contributed by atoms with Crippen molar-refractivity contribution in [3.05, 3.63) is 24.0 Å². The Bertz CT molecular complexity index is 569. The maximum Gasteiger partial charge on any atom is 0.265 e. The molecule has 0 spiro atoms. The van der Waals surface area contributed by atoms with Gasteiger partial charge in [0.2, 0.25) is 0 Å². The number of carbonyl (C=O) groups is 1. The lowest BCUT2D eigenvalue weighted by Crippen LogP contribution is -2.43. The highest BCUT2D eigenvalue weighted by Gasteiger charge is 2.37. The third-order valence-corrected chi connectivity index (χ3v) is 8.95. The number of halogens is 1. The van der Waals surface area contributed by atoms with Gasteiger partial charge in [-0.2, -0.15) is 0 Å². The Labute approximate surface area is 132 Å². The van der Waals surface area contributed by atoms with Crippen LogP contribution in [0.3, 0.4) is 0 Å². The van der Waals surface area contributed by atoms with Crippen LogP contribution < -0.4 is 10.1 Å². The number of amides is 1. The summed E-state index contributed by atoms with van der Waals surface area (Å²) in [5.74, 6) is -0.221. The van der Waals surface area contributed by atoms with Gasteiger partial charge >= 0.3 is 0 Å². The standard InChI is InChI=1S/C16H24FNO3Si/c1-16(2,3)22(4,5)20-9-8-13-15(19)18-12-7-6-11(17)10-14(12)21-13/h6-7,10,13H,8-9H2,1-5H3,(H,18,19). The molecule has 0 saturated heterocycles. The summed E-state index contributed by atoms with van der Waals surface area (Å²) >= 11 is 0. The zero-order valence-corrected chi connectivity index (χ0v) is 14.8. The molecule has 0 radical (unpaired) electrons. The van der Waals surface area contributed by atoms with Gasteiger partial charge in [0.1, 0.15) is 11.6 Å². The van der Waals surface area contributed by atoms with Crippen molar-refractivity contribution in [3.63, 3.8) is 0 Å². The van der Waals surface area contributed by atoms with E-state index in [9.17, 15) is 9.18 Å². The summed E-state index contributed by atoms with van der Waals surface area (Å²) in [4.78, 5) is 12.0. The number of nitrogens with one attached hydrogen (secondary N) is 1. The Morgan fingerprint density at radius 3 is 2.68 bits per heavy atom. The molecule has 1 aromatic rings. The number of rotatable bonds is 4. The number of fused-ring (bicyclic) bond motifs is 1. The summed E-state index contributed by atoms with van der Waals surface area (Å²) in [5.41, 5.74) is 0.507. The molecule has 1 aromatic carbocycles. The van der Waals surface area contributed by atoms with E-state index in [1.54, 1.807) is 0 Å². The molecular formula is C16H24FNO3Si. The van der Waals surface area contributed by atoms with Crippen LogP contribution in [0, 0.1) is 5.82 Å². The molecule has 0 bridgehead atoms. The molecule has 1 atom stereocenters. The topological polar surface area (TPSA) is 47.6 Å². The molecule has 1 heterocycles. The van der Waals surface area contributed by atoms with Gasteiger partial charge < -0.3 is 14.5 Å². The van der Waals surface area contributed by atoms with Gasteiger partial charge in [-0.05, 0) is 30.3 Å². The Morgan fingerprint density at radius 1 is 1.36 bits per heavy atom. The van der Waals surface area contributed by atoms with E-state index in [0.29, 0.717) is 24.5 Å². The van der Waals surface area contributed by atoms with Crippen LogP contribution in [0.25, 0.3) is 0 Å². The fourth-order valence-electron chi connectivity index (χ4n) is 1.94. The normalized spacial score (nSPS) is 18.5. The first-order valence-electron chi connectivity index (χ1n) is 7.51. The quantitative estimate of drug-likeness (QED) is 0.853. The first-order chi connectivity index (χ1) is 10.1. The predicted octanol–water partition coefficient (Wildman–Crippen LogP) is 3.94. The molecule has 1 N–H and O–H groups in total. The summed E-state index contributed by atoms with van der Waals surface area (Å²) < 4.78 is 24.9. The van der Waals surface area contributed by atoms with Crippen LogP contribution >= 0.6 is 0 Å². The number of carbonyl (C=O) groups excluding carboxylic acids is 1. The molecule has 1 aliphatic rings. The first-order valence-corrected chi connectivity index (χ1v) is 10.4. The maximum atomic E-state index is 13.2. The lowest BCUT2D eigenvalue weighted by Gasteiger charge is -2.36. The van der Waals surface area contributed by atoms with Crippen molar-refractivity contribution < 1.29 is 18.3 Å². The van der Waals surface area contributed by atoms with E-state index in [1.165, 1.54) is 18.2 Å². The van der Waals surface area contributed by atoms with Gasteiger partial charge in [-0.25, -0.2) is 4.39 Å². The molecule has 4 nitrogen and oxygen atoms in total. The van der Waals surface area contributed by atoms with E-state index in [-0.39, 0.29) is 16.8 Å². The third-order valence-electron chi connectivity index (χ3n) is 4.41. The molecule has 1 aliphatic heterocycles. The van der Waals surface area contributed by atoms with Crippen LogP contribution in [0.15, 0.2) is 18.2 Å². The monoisotopic (exact) mass is 325 g/mol. The fraction of sp³-hybridized carbons (Fsp3) is 0.562. The fourth-order valence-corrected chi connectivity index (χ4v) is 3.01. The molecule has 6 heteroatoms. The van der Waals surface area contributed by atoms with Crippen molar-refractivity contribution >= 4 is 19.9 Å². The third kappa shape index (κ3) is 3.67. The molecule has 122 valence electrons. The molecular weight excluding hydrogens is 301 g/mol. The lowest BCUT2D eigenvalue weighted by atomic mass is 10.2. The molecule has 0 aromatic heterocycles. The van der Waals surface area contributed by atoms with Gasteiger partial charge in [-0.1, -0.05) is 20.8 Å². The maximum absolute atomic E-state index is 13.2. The molecule has 1 amide bonds. The zero-order chi connectivity index (χ0) is 16.5. The number of ether oxygens (including phenoxy) is 1. The second-order valence-corrected chi connectivity index (χ2v) is 11.9. The second kappa shape index (κ2) is 6.00. The first kappa shape index (κ1) is 17.0. The zero-order valence-electron chi connectivity index (χ0n) is 13.8. The average Bonchev–Trinajstić information content (AvgIpc) is 2.38. The van der Waals surface area contributed by atoms with Crippen LogP contribution in [0.5, 0.6) is 5.75 Å². The number of benzene rings is 1. The van der Waals surface area contributed by atoms with Crippen molar-refractivity contribution in [1.29, 1.82) is 0 Å². The number of anilines is 1. The summed E-state index contributed by atoms with van der Waals surface area (Å²) in [6.07, 6.45) is -0.187. The summed E-state index contributed by atoms with van der Waals surface area (Å²) in [6, 6.07) is 4.09. The van der Waals surface area contributed by atoms with Crippen LogP contribution in [-0.2, 0) is 9.22 Å². The minimum Gasteiger partial charge on any atom is -0.478 e. The van der Waals surface area contributed by atoms with Gasteiger partial charge in [-0.3, -0.25) is 4.79 Å². The van der Waals surface area contributed by atoms with Crippen LogP contribution in [0.2, 0.25) is 18.1 Å². The SMILES string of the molecule is CC(C)(C)[Si](C)(C)OCCC1Oc2cc(F)ccc2NC1=O. The Balaban J connectivity index is 1.96. The van der Waals surface area contributed by atoms with Crippen LogP contribution in [0.1, 0.15) is 27.2 Å². The minimum atomic E-state index is -1.84. The Morgan fingerprint density at radius 2 is 2.05 bits per heavy atom. The highest BCUT2D eigenvalue weighted by atomic mass is 28.4. The molecule has 0 fully saturated rings. The average molecular weight is 325 g/mol. The minimum absolute atomic E-state index is 0.123. The van der Waals surface area contributed by atoms with E-state index in [4.69, 9.17) is 9.16 Å². The molecule has 0 saturated carbocycles. The van der Waals surface area contributed by atoms with E-state index < -0.39 is 14.4 Å². The largest absolute Gasteiger partial charge is 0.478 e. The van der Waals surface area contributed by atoms with Crippen molar-refractivity contribution in [1.82, 2.24) is 0 Å². The lowest BCUT2D eigenvalue weighted by molar-refractivity contribution is -0.124. The molecule has 1 unspecified atom stereocenters. The van der Waals surface area contributed by atoms with E-state index in [2.05, 4.69) is 39.2 Å². The van der Waals surface area contributed by atoms with Crippen molar-refractivity contribution in [2.75, 3.05) is 11.9 Å². The second-order valence-electron chi connectivity index (χ2n) is 7.13. The summed E-state index contributed by atoms with van der Waals surface area (Å²) in [5, 5.41) is 2.86. The predicted molar refractivity (Wildman–Crippen MR) is 87.2 cm³/mol. The number of hydrogen-bond donors (Lipinski definition) is 1. The molecule has 2 rings (SSSR count). The summed E-state index contributed by atoms with van der Waals surface area (Å²) in [6.45, 7) is 11.3. The van der Waals surface area contributed by atoms with Crippen molar-refractivity contribution in [2.24, 2.45) is 0 Å². The van der Waals surface area contributed by atoms with Gasteiger partial charge in [0.15, 0.2) is 14.4 Å². The van der Waals surface area contributed by atoms with Gasteiger partial charge in [-0.15, -0.1) is 0 Å². The molecule has 22 heavy (non-hydrogen) atoms. The Kier molecular flexibility index (Phi) is 4.63. The number of hydrogen-bond acceptors (Lipinski definition) is 3. The van der Waals surface area contributed by atoms with Crippen LogP contribution in [-0.4, -0.2) is 26.9 Å². The molecule has 0 aliphatic carbocycles. The van der Waals surface area contributed by atoms with E-state index >= 15 is 0 Å². The van der Waals surface area contributed by atoms with Gasteiger partial charge in [0, 0.05) is 19.1 Å². The van der Waals surface area contributed by atoms with E-state index in [1.807, 2.05) is 0 Å². The van der Waals surface area contributed by atoms with Crippen molar-refractivity contribution in [3.8, 4) is 5.75 Å². The van der Waals surface area contributed by atoms with Crippen LogP contribution in [0.4, 0.5) is 10.1 Å².